The minimum absolute atomic E-state index is 0.215. The Kier molecular flexibility index (Phi) is 5.76. The SMILES string of the molecule is Cc1nc(N2CCN(Cc3ccccc3)C2=N)sc1C(=O)NCc1ccc(F)cc1. The highest BCUT2D eigenvalue weighted by molar-refractivity contribution is 7.17. The van der Waals surface area contributed by atoms with Gasteiger partial charge < -0.3 is 10.2 Å². The number of thiazole rings is 1. The first-order valence-electron chi connectivity index (χ1n) is 9.66. The molecule has 1 amide bonds. The Bertz CT molecular complexity index is 1050. The van der Waals surface area contributed by atoms with Crippen LogP contribution in [0.25, 0.3) is 0 Å². The van der Waals surface area contributed by atoms with Crippen LogP contribution in [0.2, 0.25) is 0 Å². The monoisotopic (exact) mass is 423 g/mol. The number of aromatic nitrogens is 1. The first-order chi connectivity index (χ1) is 14.5. The van der Waals surface area contributed by atoms with Crippen LogP contribution in [0, 0.1) is 18.2 Å². The Morgan fingerprint density at radius 1 is 1.13 bits per heavy atom. The van der Waals surface area contributed by atoms with E-state index in [4.69, 9.17) is 5.41 Å². The molecule has 0 bridgehead atoms. The van der Waals surface area contributed by atoms with Crippen molar-refractivity contribution in [2.24, 2.45) is 0 Å². The summed E-state index contributed by atoms with van der Waals surface area (Å²) in [5.41, 5.74) is 2.62. The molecule has 0 radical (unpaired) electrons. The second-order valence-electron chi connectivity index (χ2n) is 7.10. The molecule has 4 rings (SSSR count). The Balaban J connectivity index is 1.41. The van der Waals surface area contributed by atoms with Gasteiger partial charge in [0.1, 0.15) is 10.7 Å². The average molecular weight is 424 g/mol. The van der Waals surface area contributed by atoms with Crippen molar-refractivity contribution in [3.05, 3.63) is 82.1 Å². The number of benzene rings is 2. The van der Waals surface area contributed by atoms with E-state index in [1.165, 1.54) is 23.5 Å². The largest absolute Gasteiger partial charge is 0.347 e. The summed E-state index contributed by atoms with van der Waals surface area (Å²) in [7, 11) is 0. The number of hydrogen-bond donors (Lipinski definition) is 2. The highest BCUT2D eigenvalue weighted by Crippen LogP contribution is 2.29. The average Bonchev–Trinajstić information content (AvgIpc) is 3.31. The van der Waals surface area contributed by atoms with Crippen molar-refractivity contribution < 1.29 is 9.18 Å². The zero-order chi connectivity index (χ0) is 21.1. The molecule has 1 aliphatic heterocycles. The molecule has 2 heterocycles. The molecule has 1 saturated heterocycles. The molecule has 0 saturated carbocycles. The number of guanidine groups is 1. The maximum absolute atomic E-state index is 13.0. The zero-order valence-corrected chi connectivity index (χ0v) is 17.4. The number of aryl methyl sites for hydroxylation is 1. The number of nitrogens with one attached hydrogen (secondary N) is 2. The van der Waals surface area contributed by atoms with Crippen LogP contribution in [-0.4, -0.2) is 34.8 Å². The molecule has 1 aromatic heterocycles. The lowest BCUT2D eigenvalue weighted by molar-refractivity contribution is 0.0954. The number of amides is 1. The molecule has 3 aromatic rings. The molecule has 30 heavy (non-hydrogen) atoms. The van der Waals surface area contributed by atoms with Gasteiger partial charge in [0.2, 0.25) is 5.96 Å². The summed E-state index contributed by atoms with van der Waals surface area (Å²) < 4.78 is 13.0. The third kappa shape index (κ3) is 4.33. The number of nitrogens with zero attached hydrogens (tertiary/aromatic N) is 3. The Labute approximate surface area is 178 Å². The molecular formula is C22H22FN5OS. The predicted molar refractivity (Wildman–Crippen MR) is 116 cm³/mol. The molecular weight excluding hydrogens is 401 g/mol. The zero-order valence-electron chi connectivity index (χ0n) is 16.6. The predicted octanol–water partition coefficient (Wildman–Crippen LogP) is 3.78. The van der Waals surface area contributed by atoms with Gasteiger partial charge in [-0.25, -0.2) is 9.37 Å². The number of anilines is 1. The van der Waals surface area contributed by atoms with Gasteiger partial charge in [0.15, 0.2) is 5.13 Å². The third-order valence-corrected chi connectivity index (χ3v) is 6.13. The molecule has 0 spiro atoms. The van der Waals surface area contributed by atoms with Crippen molar-refractivity contribution >= 4 is 28.3 Å². The minimum atomic E-state index is -0.303. The Hall–Kier alpha value is -3.26. The van der Waals surface area contributed by atoms with Crippen molar-refractivity contribution in [3.63, 3.8) is 0 Å². The minimum Gasteiger partial charge on any atom is -0.347 e. The molecule has 0 unspecified atom stereocenters. The van der Waals surface area contributed by atoms with Crippen molar-refractivity contribution in [3.8, 4) is 0 Å². The van der Waals surface area contributed by atoms with E-state index >= 15 is 0 Å². The van der Waals surface area contributed by atoms with Crippen molar-refractivity contribution in [2.45, 2.75) is 20.0 Å². The van der Waals surface area contributed by atoms with E-state index in [1.807, 2.05) is 40.1 Å². The van der Waals surface area contributed by atoms with Gasteiger partial charge in [-0.15, -0.1) is 0 Å². The van der Waals surface area contributed by atoms with Gasteiger partial charge in [-0.1, -0.05) is 53.8 Å². The highest BCUT2D eigenvalue weighted by Gasteiger charge is 2.29. The van der Waals surface area contributed by atoms with Gasteiger partial charge in [0.25, 0.3) is 5.91 Å². The summed E-state index contributed by atoms with van der Waals surface area (Å²) >= 11 is 1.29. The van der Waals surface area contributed by atoms with Crippen LogP contribution in [0.1, 0.15) is 26.5 Å². The van der Waals surface area contributed by atoms with Gasteiger partial charge in [-0.05, 0) is 30.2 Å². The molecule has 2 N–H and O–H groups in total. The van der Waals surface area contributed by atoms with Crippen LogP contribution in [0.5, 0.6) is 0 Å². The van der Waals surface area contributed by atoms with Gasteiger partial charge in [0, 0.05) is 26.2 Å². The fourth-order valence-electron chi connectivity index (χ4n) is 3.32. The molecule has 6 nitrogen and oxygen atoms in total. The normalized spacial score (nSPS) is 13.7. The van der Waals surface area contributed by atoms with E-state index in [0.717, 1.165) is 17.7 Å². The molecule has 154 valence electrons. The fourth-order valence-corrected chi connectivity index (χ4v) is 4.33. The number of carbonyl (C=O) groups is 1. The van der Waals surface area contributed by atoms with Crippen molar-refractivity contribution in [1.29, 1.82) is 5.41 Å². The standard InChI is InChI=1S/C22H22FN5OS/c1-15-19(20(29)25-13-16-7-9-18(23)10-8-16)30-22(26-15)28-12-11-27(21(28)24)14-17-5-3-2-4-6-17/h2-10,24H,11-14H2,1H3,(H,25,29). The lowest BCUT2D eigenvalue weighted by Gasteiger charge is -2.20. The van der Waals surface area contributed by atoms with E-state index in [0.29, 0.717) is 41.3 Å². The summed E-state index contributed by atoms with van der Waals surface area (Å²) in [6.45, 7) is 4.18. The maximum Gasteiger partial charge on any atom is 0.263 e. The summed E-state index contributed by atoms with van der Waals surface area (Å²) in [5.74, 6) is -0.124. The van der Waals surface area contributed by atoms with Crippen molar-refractivity contribution in [2.75, 3.05) is 18.0 Å². The number of rotatable bonds is 6. The molecule has 0 atom stereocenters. The Morgan fingerprint density at radius 2 is 1.87 bits per heavy atom. The van der Waals surface area contributed by atoms with Crippen LogP contribution in [0.15, 0.2) is 54.6 Å². The third-order valence-electron chi connectivity index (χ3n) is 4.95. The summed E-state index contributed by atoms with van der Waals surface area (Å²) in [4.78, 5) is 21.5. The number of hydrogen-bond acceptors (Lipinski definition) is 4. The maximum atomic E-state index is 13.0. The molecule has 1 aliphatic rings. The van der Waals surface area contributed by atoms with Gasteiger partial charge >= 0.3 is 0 Å². The number of halogens is 1. The lowest BCUT2D eigenvalue weighted by atomic mass is 10.2. The molecule has 0 aliphatic carbocycles. The fraction of sp³-hybridized carbons (Fsp3) is 0.227. The van der Waals surface area contributed by atoms with Gasteiger partial charge in [0.05, 0.1) is 5.69 Å². The molecule has 1 fully saturated rings. The number of carbonyl (C=O) groups excluding carboxylic acids is 1. The molecule has 2 aromatic carbocycles. The van der Waals surface area contributed by atoms with Crippen LogP contribution >= 0.6 is 11.3 Å². The summed E-state index contributed by atoms with van der Waals surface area (Å²) in [6.07, 6.45) is 0. The van der Waals surface area contributed by atoms with Gasteiger partial charge in [-0.2, -0.15) is 0 Å². The van der Waals surface area contributed by atoms with E-state index in [9.17, 15) is 9.18 Å². The molecule has 8 heteroatoms. The van der Waals surface area contributed by atoms with Gasteiger partial charge in [-0.3, -0.25) is 15.1 Å². The second kappa shape index (κ2) is 8.62. The van der Waals surface area contributed by atoms with E-state index < -0.39 is 0 Å². The first-order valence-corrected chi connectivity index (χ1v) is 10.5. The van der Waals surface area contributed by atoms with Crippen molar-refractivity contribution in [1.82, 2.24) is 15.2 Å². The Morgan fingerprint density at radius 3 is 2.60 bits per heavy atom. The first kappa shape index (κ1) is 20.0. The smallest absolute Gasteiger partial charge is 0.263 e. The van der Waals surface area contributed by atoms with E-state index in [-0.39, 0.29) is 11.7 Å². The second-order valence-corrected chi connectivity index (χ2v) is 8.08. The van der Waals surface area contributed by atoms with Crippen LogP contribution in [-0.2, 0) is 13.1 Å². The van der Waals surface area contributed by atoms with E-state index in [1.54, 1.807) is 19.1 Å². The quantitative estimate of drug-likeness (QED) is 0.633. The summed E-state index contributed by atoms with van der Waals surface area (Å²) in [6, 6.07) is 16.1. The lowest BCUT2D eigenvalue weighted by Crippen LogP contribution is -2.32. The highest BCUT2D eigenvalue weighted by atomic mass is 32.1. The van der Waals surface area contributed by atoms with E-state index in [2.05, 4.69) is 10.3 Å². The van der Waals surface area contributed by atoms with Crippen LogP contribution in [0.4, 0.5) is 9.52 Å². The van der Waals surface area contributed by atoms with Crippen LogP contribution < -0.4 is 10.2 Å². The summed E-state index contributed by atoms with van der Waals surface area (Å²) in [5, 5.41) is 12.0. The van der Waals surface area contributed by atoms with Crippen LogP contribution in [0.3, 0.4) is 0 Å². The topological polar surface area (TPSA) is 72.3 Å².